The van der Waals surface area contributed by atoms with E-state index >= 15 is 0 Å². The van der Waals surface area contributed by atoms with Gasteiger partial charge in [-0.05, 0) is 43.7 Å². The summed E-state index contributed by atoms with van der Waals surface area (Å²) >= 11 is 0. The zero-order valence-electron chi connectivity index (χ0n) is 11.9. The largest absolute Gasteiger partial charge is 0.326 e. The Balaban J connectivity index is 0.000000191. The van der Waals surface area contributed by atoms with Crippen molar-refractivity contribution in [2.24, 2.45) is 5.73 Å². The van der Waals surface area contributed by atoms with Crippen molar-refractivity contribution in [1.82, 2.24) is 15.3 Å². The molecule has 4 nitrogen and oxygen atoms in total. The second-order valence-corrected chi connectivity index (χ2v) is 4.35. The van der Waals surface area contributed by atoms with Crippen LogP contribution in [-0.2, 0) is 13.1 Å². The SMILES string of the molecule is CNCc1cccnc1C.Cc1cncc(CN)c1. The van der Waals surface area contributed by atoms with E-state index in [0.717, 1.165) is 23.4 Å². The van der Waals surface area contributed by atoms with Gasteiger partial charge in [0.1, 0.15) is 0 Å². The second-order valence-electron chi connectivity index (χ2n) is 4.35. The van der Waals surface area contributed by atoms with Crippen LogP contribution in [0.5, 0.6) is 0 Å². The van der Waals surface area contributed by atoms with E-state index in [0.29, 0.717) is 6.54 Å². The molecule has 2 heterocycles. The van der Waals surface area contributed by atoms with Crippen molar-refractivity contribution in [2.45, 2.75) is 26.9 Å². The van der Waals surface area contributed by atoms with Gasteiger partial charge in [0, 0.05) is 37.4 Å². The first-order chi connectivity index (χ1) is 9.17. The maximum atomic E-state index is 5.38. The molecule has 2 aromatic rings. The highest BCUT2D eigenvalue weighted by Crippen LogP contribution is 2.01. The number of nitrogens with one attached hydrogen (secondary N) is 1. The van der Waals surface area contributed by atoms with E-state index in [1.54, 1.807) is 6.20 Å². The summed E-state index contributed by atoms with van der Waals surface area (Å²) in [4.78, 5) is 8.13. The molecule has 0 amide bonds. The molecule has 0 aromatic carbocycles. The van der Waals surface area contributed by atoms with Gasteiger partial charge in [0.2, 0.25) is 0 Å². The summed E-state index contributed by atoms with van der Waals surface area (Å²) in [5.74, 6) is 0. The fourth-order valence-electron chi connectivity index (χ4n) is 1.62. The number of rotatable bonds is 3. The van der Waals surface area contributed by atoms with Crippen molar-refractivity contribution in [3.05, 3.63) is 59.2 Å². The number of aryl methyl sites for hydroxylation is 2. The number of nitrogens with zero attached hydrogens (tertiary/aromatic N) is 2. The van der Waals surface area contributed by atoms with Gasteiger partial charge < -0.3 is 11.1 Å². The third-order valence-electron chi connectivity index (χ3n) is 2.65. The Morgan fingerprint density at radius 1 is 1.26 bits per heavy atom. The zero-order chi connectivity index (χ0) is 14.1. The van der Waals surface area contributed by atoms with E-state index in [4.69, 9.17) is 5.73 Å². The first-order valence-electron chi connectivity index (χ1n) is 6.33. The van der Waals surface area contributed by atoms with Gasteiger partial charge in [0.15, 0.2) is 0 Å². The van der Waals surface area contributed by atoms with Crippen LogP contribution in [0.1, 0.15) is 22.4 Å². The topological polar surface area (TPSA) is 63.8 Å². The molecule has 0 radical (unpaired) electrons. The number of pyridine rings is 2. The van der Waals surface area contributed by atoms with E-state index < -0.39 is 0 Å². The Bertz CT molecular complexity index is 497. The van der Waals surface area contributed by atoms with E-state index in [-0.39, 0.29) is 0 Å². The molecule has 0 saturated heterocycles. The van der Waals surface area contributed by atoms with Gasteiger partial charge in [-0.1, -0.05) is 12.1 Å². The molecule has 0 aliphatic rings. The predicted octanol–water partition coefficient (Wildman–Crippen LogP) is 1.96. The van der Waals surface area contributed by atoms with Crippen molar-refractivity contribution in [1.29, 1.82) is 0 Å². The van der Waals surface area contributed by atoms with Crippen LogP contribution in [0.3, 0.4) is 0 Å². The van der Waals surface area contributed by atoms with Crippen molar-refractivity contribution in [3.8, 4) is 0 Å². The summed E-state index contributed by atoms with van der Waals surface area (Å²) in [5.41, 5.74) is 10.0. The third kappa shape index (κ3) is 5.59. The third-order valence-corrected chi connectivity index (χ3v) is 2.65. The minimum atomic E-state index is 0.578. The Labute approximate surface area is 115 Å². The molecule has 3 N–H and O–H groups in total. The lowest BCUT2D eigenvalue weighted by Crippen LogP contribution is -2.06. The fraction of sp³-hybridized carbons (Fsp3) is 0.333. The normalized spacial score (nSPS) is 9.68. The second kappa shape index (κ2) is 8.34. The van der Waals surface area contributed by atoms with E-state index in [2.05, 4.69) is 21.4 Å². The van der Waals surface area contributed by atoms with Crippen LogP contribution in [0, 0.1) is 13.8 Å². The minimum Gasteiger partial charge on any atom is -0.326 e. The van der Waals surface area contributed by atoms with Crippen LogP contribution in [0.4, 0.5) is 0 Å². The zero-order valence-corrected chi connectivity index (χ0v) is 11.9. The molecule has 0 bridgehead atoms. The Morgan fingerprint density at radius 2 is 2.05 bits per heavy atom. The number of hydrogen-bond acceptors (Lipinski definition) is 4. The van der Waals surface area contributed by atoms with Crippen molar-refractivity contribution in [3.63, 3.8) is 0 Å². The number of aromatic nitrogens is 2. The molecule has 0 unspecified atom stereocenters. The van der Waals surface area contributed by atoms with Gasteiger partial charge in [0.05, 0.1) is 0 Å². The summed E-state index contributed by atoms with van der Waals surface area (Å²) in [6, 6.07) is 6.07. The fourth-order valence-corrected chi connectivity index (χ4v) is 1.62. The molecule has 102 valence electrons. The first-order valence-corrected chi connectivity index (χ1v) is 6.33. The average molecular weight is 258 g/mol. The molecular weight excluding hydrogens is 236 g/mol. The van der Waals surface area contributed by atoms with Crippen LogP contribution in [0.25, 0.3) is 0 Å². The molecule has 0 aliphatic heterocycles. The highest BCUT2D eigenvalue weighted by Gasteiger charge is 1.93. The van der Waals surface area contributed by atoms with Gasteiger partial charge in [-0.15, -0.1) is 0 Å². The molecule has 0 fully saturated rings. The maximum Gasteiger partial charge on any atom is 0.0417 e. The number of hydrogen-bond donors (Lipinski definition) is 2. The van der Waals surface area contributed by atoms with Crippen LogP contribution in [0.2, 0.25) is 0 Å². The summed E-state index contributed by atoms with van der Waals surface area (Å²) in [6.07, 6.45) is 5.42. The van der Waals surface area contributed by atoms with Gasteiger partial charge in [0.25, 0.3) is 0 Å². The van der Waals surface area contributed by atoms with Gasteiger partial charge in [-0.3, -0.25) is 9.97 Å². The summed E-state index contributed by atoms with van der Waals surface area (Å²) in [6.45, 7) is 5.51. The Morgan fingerprint density at radius 3 is 2.58 bits per heavy atom. The lowest BCUT2D eigenvalue weighted by molar-refractivity contribution is 0.804. The summed E-state index contributed by atoms with van der Waals surface area (Å²) in [7, 11) is 1.94. The minimum absolute atomic E-state index is 0.578. The predicted molar refractivity (Wildman–Crippen MR) is 78.6 cm³/mol. The van der Waals surface area contributed by atoms with Crippen LogP contribution in [0.15, 0.2) is 36.8 Å². The molecule has 0 aliphatic carbocycles. The highest BCUT2D eigenvalue weighted by atomic mass is 14.8. The monoisotopic (exact) mass is 258 g/mol. The molecule has 0 saturated carbocycles. The molecule has 2 rings (SSSR count). The van der Waals surface area contributed by atoms with E-state index in [9.17, 15) is 0 Å². The molecule has 19 heavy (non-hydrogen) atoms. The van der Waals surface area contributed by atoms with E-state index in [1.165, 1.54) is 5.56 Å². The Kier molecular flexibility index (Phi) is 6.71. The molecule has 0 atom stereocenters. The average Bonchev–Trinajstić information content (AvgIpc) is 2.42. The van der Waals surface area contributed by atoms with Gasteiger partial charge >= 0.3 is 0 Å². The highest BCUT2D eigenvalue weighted by molar-refractivity contribution is 5.17. The lowest BCUT2D eigenvalue weighted by atomic mass is 10.2. The summed E-state index contributed by atoms with van der Waals surface area (Å²) < 4.78 is 0. The van der Waals surface area contributed by atoms with Crippen LogP contribution < -0.4 is 11.1 Å². The number of nitrogens with two attached hydrogens (primary N) is 1. The van der Waals surface area contributed by atoms with Crippen molar-refractivity contribution >= 4 is 0 Å². The quantitative estimate of drug-likeness (QED) is 0.883. The van der Waals surface area contributed by atoms with Crippen LogP contribution in [-0.4, -0.2) is 17.0 Å². The Hall–Kier alpha value is -1.78. The lowest BCUT2D eigenvalue weighted by Gasteiger charge is -2.01. The smallest absolute Gasteiger partial charge is 0.0417 e. The van der Waals surface area contributed by atoms with Gasteiger partial charge in [-0.25, -0.2) is 0 Å². The van der Waals surface area contributed by atoms with Gasteiger partial charge in [-0.2, -0.15) is 0 Å². The standard InChI is InChI=1S/C8H12N2.C7H10N2/c1-7-8(6-9-2)4-3-5-10-7;1-6-2-7(3-8)5-9-4-6/h3-5,9H,6H2,1-2H3;2,4-5H,3,8H2,1H3. The molecule has 0 spiro atoms. The van der Waals surface area contributed by atoms with Crippen molar-refractivity contribution < 1.29 is 0 Å². The molecule has 2 aromatic heterocycles. The van der Waals surface area contributed by atoms with Crippen LogP contribution >= 0.6 is 0 Å². The molecule has 4 heteroatoms. The first kappa shape index (κ1) is 15.3. The summed E-state index contributed by atoms with van der Waals surface area (Å²) in [5, 5.41) is 3.08. The van der Waals surface area contributed by atoms with E-state index in [1.807, 2.05) is 45.4 Å². The van der Waals surface area contributed by atoms with Crippen molar-refractivity contribution in [2.75, 3.05) is 7.05 Å². The maximum absolute atomic E-state index is 5.38. The molecular formula is C15H22N4.